The van der Waals surface area contributed by atoms with Crippen LogP contribution < -0.4 is 14.8 Å². The number of sulfonamides is 1. The fourth-order valence-electron chi connectivity index (χ4n) is 2.27. The van der Waals surface area contributed by atoms with Gasteiger partial charge in [-0.15, -0.1) is 0 Å². The molecule has 0 aliphatic rings. The Morgan fingerprint density at radius 1 is 1.07 bits per heavy atom. The number of aliphatic hydroxyl groups excluding tert-OH is 1. The zero-order valence-corrected chi connectivity index (χ0v) is 17.6. The summed E-state index contributed by atoms with van der Waals surface area (Å²) < 4.78 is 33.0. The number of nitrogens with one attached hydrogen (secondary N) is 2. The van der Waals surface area contributed by atoms with Gasteiger partial charge in [0.05, 0.1) is 22.5 Å². The number of anilines is 1. The van der Waals surface area contributed by atoms with Crippen molar-refractivity contribution >= 4 is 27.6 Å². The second kappa shape index (κ2) is 9.24. The van der Waals surface area contributed by atoms with Crippen molar-refractivity contribution in [2.24, 2.45) is 5.41 Å². The van der Waals surface area contributed by atoms with Gasteiger partial charge in [-0.2, -0.15) is 0 Å². The molecule has 0 radical (unpaired) electrons. The van der Waals surface area contributed by atoms with Crippen molar-refractivity contribution < 1.29 is 33.0 Å². The first-order valence-corrected chi connectivity index (χ1v) is 10.5. The largest absolute Gasteiger partial charge is 0.480 e. The summed E-state index contributed by atoms with van der Waals surface area (Å²) in [6.07, 6.45) is -1.39. The van der Waals surface area contributed by atoms with Crippen LogP contribution in [-0.4, -0.2) is 37.1 Å². The number of ether oxygens (including phenoxy) is 1. The molecule has 9 nitrogen and oxygen atoms in total. The Morgan fingerprint density at radius 2 is 1.67 bits per heavy atom. The summed E-state index contributed by atoms with van der Waals surface area (Å²) >= 11 is 0. The van der Waals surface area contributed by atoms with Crippen LogP contribution in [-0.2, 0) is 19.6 Å². The zero-order valence-electron chi connectivity index (χ0n) is 16.7. The van der Waals surface area contributed by atoms with Crippen LogP contribution in [0.15, 0.2) is 53.4 Å². The van der Waals surface area contributed by atoms with Crippen molar-refractivity contribution in [2.75, 3.05) is 11.3 Å². The molecule has 162 valence electrons. The Labute approximate surface area is 174 Å². The Balaban J connectivity index is 2.19. The summed E-state index contributed by atoms with van der Waals surface area (Å²) in [5.74, 6) is -1.41. The molecule has 1 atom stereocenters. The second-order valence-corrected chi connectivity index (χ2v) is 9.16. The van der Waals surface area contributed by atoms with Crippen molar-refractivity contribution in [3.8, 4) is 5.75 Å². The van der Waals surface area contributed by atoms with Gasteiger partial charge in [0.15, 0.2) is 0 Å². The fourth-order valence-corrected chi connectivity index (χ4v) is 3.36. The monoisotopic (exact) mass is 436 g/mol. The highest BCUT2D eigenvalue weighted by atomic mass is 32.2. The van der Waals surface area contributed by atoms with Crippen molar-refractivity contribution in [1.82, 2.24) is 5.32 Å². The molecule has 2 aromatic rings. The van der Waals surface area contributed by atoms with Gasteiger partial charge in [0.2, 0.25) is 0 Å². The maximum absolute atomic E-state index is 12.7. The summed E-state index contributed by atoms with van der Waals surface area (Å²) in [4.78, 5) is 22.5. The lowest BCUT2D eigenvalue weighted by Crippen LogP contribution is -2.28. The SMILES string of the molecule is CC(C)(C)C(=O)Oc1ccc(S(=O)(=O)Nc2ccccc2C(O)NCC(=O)O)cc1. The minimum atomic E-state index is -4.02. The van der Waals surface area contributed by atoms with E-state index in [1.807, 2.05) is 0 Å². The smallest absolute Gasteiger partial charge is 0.317 e. The van der Waals surface area contributed by atoms with Crippen LogP contribution in [0.25, 0.3) is 0 Å². The highest BCUT2D eigenvalue weighted by Gasteiger charge is 2.24. The molecule has 0 fully saturated rings. The van der Waals surface area contributed by atoms with Gasteiger partial charge < -0.3 is 14.9 Å². The molecule has 0 bridgehead atoms. The van der Waals surface area contributed by atoms with E-state index in [1.165, 1.54) is 36.4 Å². The molecule has 1 unspecified atom stereocenters. The molecular formula is C20H24N2O7S. The van der Waals surface area contributed by atoms with Gasteiger partial charge in [0.25, 0.3) is 10.0 Å². The third kappa shape index (κ3) is 6.28. The minimum absolute atomic E-state index is 0.0826. The molecule has 30 heavy (non-hydrogen) atoms. The van der Waals surface area contributed by atoms with E-state index in [-0.39, 0.29) is 21.9 Å². The average molecular weight is 436 g/mol. The lowest BCUT2D eigenvalue weighted by Gasteiger charge is -2.18. The van der Waals surface area contributed by atoms with Crippen LogP contribution >= 0.6 is 0 Å². The number of aliphatic hydroxyl groups is 1. The van der Waals surface area contributed by atoms with Crippen molar-refractivity contribution in [2.45, 2.75) is 31.9 Å². The first kappa shape index (κ1) is 23.3. The summed E-state index contributed by atoms with van der Waals surface area (Å²) in [5, 5.41) is 21.2. The number of rotatable bonds is 8. The molecule has 0 aliphatic carbocycles. The molecule has 0 saturated heterocycles. The molecule has 0 spiro atoms. The summed E-state index contributed by atoms with van der Waals surface area (Å²) in [6.45, 7) is 4.61. The highest BCUT2D eigenvalue weighted by Crippen LogP contribution is 2.26. The summed E-state index contributed by atoms with van der Waals surface area (Å²) in [6, 6.07) is 11.4. The number of para-hydroxylation sites is 1. The third-order valence-electron chi connectivity index (χ3n) is 3.90. The average Bonchev–Trinajstić information content (AvgIpc) is 2.66. The van der Waals surface area contributed by atoms with Gasteiger partial charge in [0, 0.05) is 5.56 Å². The van der Waals surface area contributed by atoms with Crippen molar-refractivity contribution in [1.29, 1.82) is 0 Å². The van der Waals surface area contributed by atoms with E-state index < -0.39 is 40.1 Å². The number of hydrogen-bond donors (Lipinski definition) is 4. The maximum atomic E-state index is 12.7. The molecule has 0 saturated carbocycles. The molecular weight excluding hydrogens is 412 g/mol. The van der Waals surface area contributed by atoms with E-state index in [1.54, 1.807) is 32.9 Å². The van der Waals surface area contributed by atoms with Crippen LogP contribution in [0.3, 0.4) is 0 Å². The fraction of sp³-hybridized carbons (Fsp3) is 0.300. The number of carboxylic acid groups (broad SMARTS) is 1. The van der Waals surface area contributed by atoms with E-state index in [2.05, 4.69) is 10.0 Å². The standard InChI is InChI=1S/C20H24N2O7S/c1-20(2,3)19(26)29-13-8-10-14(11-9-13)30(27,28)22-16-7-5-4-6-15(16)18(25)21-12-17(23)24/h4-11,18,21-22,25H,12H2,1-3H3,(H,23,24). The molecule has 0 amide bonds. The second-order valence-electron chi connectivity index (χ2n) is 7.48. The predicted molar refractivity (Wildman–Crippen MR) is 109 cm³/mol. The quantitative estimate of drug-likeness (QED) is 0.280. The van der Waals surface area contributed by atoms with Gasteiger partial charge in [0.1, 0.15) is 12.0 Å². The zero-order chi connectivity index (χ0) is 22.5. The molecule has 0 aliphatic heterocycles. The van der Waals surface area contributed by atoms with E-state index >= 15 is 0 Å². The van der Waals surface area contributed by atoms with Crippen molar-refractivity contribution in [3.05, 3.63) is 54.1 Å². The van der Waals surface area contributed by atoms with E-state index in [0.717, 1.165) is 0 Å². The number of benzene rings is 2. The maximum Gasteiger partial charge on any atom is 0.317 e. The molecule has 0 heterocycles. The van der Waals surface area contributed by atoms with Gasteiger partial charge in [-0.3, -0.25) is 19.6 Å². The highest BCUT2D eigenvalue weighted by molar-refractivity contribution is 7.92. The lowest BCUT2D eigenvalue weighted by molar-refractivity contribution is -0.143. The van der Waals surface area contributed by atoms with E-state index in [9.17, 15) is 23.1 Å². The Bertz CT molecular complexity index is 1010. The van der Waals surface area contributed by atoms with Crippen molar-refractivity contribution in [3.63, 3.8) is 0 Å². The van der Waals surface area contributed by atoms with Crippen LogP contribution in [0.2, 0.25) is 0 Å². The number of hydrogen-bond acceptors (Lipinski definition) is 7. The van der Waals surface area contributed by atoms with Gasteiger partial charge in [-0.25, -0.2) is 8.42 Å². The molecule has 2 aromatic carbocycles. The number of carboxylic acids is 1. The third-order valence-corrected chi connectivity index (χ3v) is 5.28. The number of esters is 1. The Hall–Kier alpha value is -2.95. The predicted octanol–water partition coefficient (Wildman–Crippen LogP) is 2.10. The first-order valence-electron chi connectivity index (χ1n) is 8.97. The number of carbonyl (C=O) groups excluding carboxylic acids is 1. The lowest BCUT2D eigenvalue weighted by atomic mass is 9.97. The van der Waals surface area contributed by atoms with E-state index in [0.29, 0.717) is 0 Å². The van der Waals surface area contributed by atoms with Gasteiger partial charge in [-0.05, 0) is 51.1 Å². The Morgan fingerprint density at radius 3 is 2.23 bits per heavy atom. The first-order chi connectivity index (χ1) is 13.9. The molecule has 4 N–H and O–H groups in total. The van der Waals surface area contributed by atoms with Gasteiger partial charge >= 0.3 is 11.9 Å². The van der Waals surface area contributed by atoms with Gasteiger partial charge in [-0.1, -0.05) is 18.2 Å². The Kier molecular flexibility index (Phi) is 7.19. The minimum Gasteiger partial charge on any atom is -0.480 e. The van der Waals surface area contributed by atoms with Crippen LogP contribution in [0, 0.1) is 5.41 Å². The topological polar surface area (TPSA) is 142 Å². The molecule has 10 heteroatoms. The van der Waals surface area contributed by atoms with Crippen LogP contribution in [0.1, 0.15) is 32.6 Å². The molecule has 0 aromatic heterocycles. The summed E-state index contributed by atoms with van der Waals surface area (Å²) in [7, 11) is -4.02. The van der Waals surface area contributed by atoms with Crippen LogP contribution in [0.5, 0.6) is 5.75 Å². The molecule has 2 rings (SSSR count). The van der Waals surface area contributed by atoms with Crippen LogP contribution in [0.4, 0.5) is 5.69 Å². The summed E-state index contributed by atoms with van der Waals surface area (Å²) in [5.41, 5.74) is -0.449. The van der Waals surface area contributed by atoms with E-state index in [4.69, 9.17) is 9.84 Å². The number of aliphatic carboxylic acids is 1. The number of carbonyl (C=O) groups is 2. The normalized spacial score (nSPS) is 12.8.